The zero-order valence-corrected chi connectivity index (χ0v) is 9.01. The zero-order chi connectivity index (χ0) is 10.1. The molecule has 1 aromatic rings. The largest absolute Gasteiger partial charge is 0.508 e. The maximum absolute atomic E-state index is 9.55. The molecule has 0 aliphatic heterocycles. The smallest absolute Gasteiger partial charge is 0.121 e. The third kappa shape index (κ3) is 2.11. The van der Waals surface area contributed by atoms with Gasteiger partial charge in [0.05, 0.1) is 5.54 Å². The van der Waals surface area contributed by atoms with Crippen LogP contribution in [0.15, 0.2) is 35.3 Å². The van der Waals surface area contributed by atoms with E-state index in [1.54, 1.807) is 31.2 Å². The standard InChI is InChI=1S/C10H12BrNO/c1-3-10(2,12)8-6-7(11)4-5-9(8)13/h3-6,13H,1,12H2,2H3/t10-/m0/s1. The highest BCUT2D eigenvalue weighted by atomic mass is 79.9. The van der Waals surface area contributed by atoms with Gasteiger partial charge >= 0.3 is 0 Å². The first-order chi connectivity index (χ1) is 5.97. The van der Waals surface area contributed by atoms with Crippen LogP contribution in [0.25, 0.3) is 0 Å². The van der Waals surface area contributed by atoms with Gasteiger partial charge in [-0.25, -0.2) is 0 Å². The summed E-state index contributed by atoms with van der Waals surface area (Å²) in [6, 6.07) is 5.16. The van der Waals surface area contributed by atoms with Gasteiger partial charge in [0, 0.05) is 10.0 Å². The van der Waals surface area contributed by atoms with E-state index in [9.17, 15) is 5.11 Å². The SMILES string of the molecule is C=C[C@](C)(N)c1cc(Br)ccc1O. The van der Waals surface area contributed by atoms with Crippen molar-refractivity contribution in [3.8, 4) is 5.75 Å². The maximum Gasteiger partial charge on any atom is 0.121 e. The predicted molar refractivity (Wildman–Crippen MR) is 57.5 cm³/mol. The zero-order valence-electron chi connectivity index (χ0n) is 7.42. The van der Waals surface area contributed by atoms with Gasteiger partial charge in [0.2, 0.25) is 0 Å². The van der Waals surface area contributed by atoms with Gasteiger partial charge in [-0.1, -0.05) is 22.0 Å². The van der Waals surface area contributed by atoms with Gasteiger partial charge in [-0.3, -0.25) is 0 Å². The van der Waals surface area contributed by atoms with Gasteiger partial charge in [0.25, 0.3) is 0 Å². The van der Waals surface area contributed by atoms with Crippen molar-refractivity contribution in [1.29, 1.82) is 0 Å². The summed E-state index contributed by atoms with van der Waals surface area (Å²) in [4.78, 5) is 0. The van der Waals surface area contributed by atoms with Gasteiger partial charge in [-0.15, -0.1) is 6.58 Å². The Hall–Kier alpha value is -0.800. The molecule has 0 saturated carbocycles. The minimum absolute atomic E-state index is 0.188. The van der Waals surface area contributed by atoms with Crippen molar-refractivity contribution < 1.29 is 5.11 Å². The Bertz CT molecular complexity index is 334. The van der Waals surface area contributed by atoms with Gasteiger partial charge < -0.3 is 10.8 Å². The molecule has 3 N–H and O–H groups in total. The molecular formula is C10H12BrNO. The molecule has 0 spiro atoms. The number of hydrogen-bond acceptors (Lipinski definition) is 2. The summed E-state index contributed by atoms with van der Waals surface area (Å²) in [6.45, 7) is 5.42. The molecule has 0 aliphatic rings. The van der Waals surface area contributed by atoms with Crippen molar-refractivity contribution >= 4 is 15.9 Å². The summed E-state index contributed by atoms with van der Waals surface area (Å²) in [5, 5.41) is 9.55. The summed E-state index contributed by atoms with van der Waals surface area (Å²) in [7, 11) is 0. The molecule has 0 radical (unpaired) electrons. The second-order valence-corrected chi connectivity index (χ2v) is 4.06. The summed E-state index contributed by atoms with van der Waals surface area (Å²) in [5.41, 5.74) is 5.87. The molecule has 0 unspecified atom stereocenters. The van der Waals surface area contributed by atoms with E-state index in [2.05, 4.69) is 22.5 Å². The molecule has 2 nitrogen and oxygen atoms in total. The van der Waals surface area contributed by atoms with Crippen LogP contribution in [-0.2, 0) is 5.54 Å². The third-order valence-electron chi connectivity index (χ3n) is 1.96. The lowest BCUT2D eigenvalue weighted by molar-refractivity contribution is 0.452. The first kappa shape index (κ1) is 10.3. The fraction of sp³-hybridized carbons (Fsp3) is 0.200. The second-order valence-electron chi connectivity index (χ2n) is 3.15. The first-order valence-electron chi connectivity index (χ1n) is 3.89. The van der Waals surface area contributed by atoms with Crippen molar-refractivity contribution in [3.05, 3.63) is 40.9 Å². The lowest BCUT2D eigenvalue weighted by atomic mass is 9.93. The molecule has 13 heavy (non-hydrogen) atoms. The van der Waals surface area contributed by atoms with E-state index < -0.39 is 5.54 Å². The molecule has 70 valence electrons. The quantitative estimate of drug-likeness (QED) is 0.782. The predicted octanol–water partition coefficient (Wildman–Crippen LogP) is 2.51. The number of halogens is 1. The number of phenolic OH excluding ortho intramolecular Hbond substituents is 1. The van der Waals surface area contributed by atoms with E-state index in [0.717, 1.165) is 4.47 Å². The molecule has 0 fully saturated rings. The first-order valence-corrected chi connectivity index (χ1v) is 4.68. The van der Waals surface area contributed by atoms with Crippen LogP contribution in [0, 0.1) is 0 Å². The molecule has 1 atom stereocenters. The van der Waals surface area contributed by atoms with Crippen LogP contribution in [0.4, 0.5) is 0 Å². The molecule has 1 rings (SSSR count). The van der Waals surface area contributed by atoms with Crippen molar-refractivity contribution in [2.24, 2.45) is 5.73 Å². The molecule has 1 aromatic carbocycles. The molecule has 0 aromatic heterocycles. The van der Waals surface area contributed by atoms with Gasteiger partial charge in [0.1, 0.15) is 5.75 Å². The van der Waals surface area contributed by atoms with Crippen molar-refractivity contribution in [3.63, 3.8) is 0 Å². The highest BCUT2D eigenvalue weighted by Crippen LogP contribution is 2.30. The molecule has 0 saturated heterocycles. The van der Waals surface area contributed by atoms with Gasteiger partial charge in [-0.05, 0) is 25.1 Å². The summed E-state index contributed by atoms with van der Waals surface area (Å²) in [5.74, 6) is 0.188. The van der Waals surface area contributed by atoms with Gasteiger partial charge in [0.15, 0.2) is 0 Å². The van der Waals surface area contributed by atoms with Crippen LogP contribution in [0.3, 0.4) is 0 Å². The van der Waals surface area contributed by atoms with Crippen molar-refractivity contribution in [2.45, 2.75) is 12.5 Å². The lowest BCUT2D eigenvalue weighted by Crippen LogP contribution is -2.30. The lowest BCUT2D eigenvalue weighted by Gasteiger charge is -2.21. The molecule has 3 heteroatoms. The number of nitrogens with two attached hydrogens (primary N) is 1. The third-order valence-corrected chi connectivity index (χ3v) is 2.46. The molecule has 0 amide bonds. The summed E-state index contributed by atoms with van der Waals surface area (Å²) in [6.07, 6.45) is 1.61. The Labute approximate surface area is 86.2 Å². The van der Waals surface area contributed by atoms with Crippen LogP contribution in [-0.4, -0.2) is 5.11 Å². The van der Waals surface area contributed by atoms with E-state index in [-0.39, 0.29) is 5.75 Å². The van der Waals surface area contributed by atoms with E-state index in [1.165, 1.54) is 0 Å². The number of benzene rings is 1. The van der Waals surface area contributed by atoms with Crippen LogP contribution in [0.5, 0.6) is 5.75 Å². The Morgan fingerprint density at radius 1 is 1.62 bits per heavy atom. The van der Waals surface area contributed by atoms with Crippen LogP contribution in [0.2, 0.25) is 0 Å². The molecular weight excluding hydrogens is 230 g/mol. The van der Waals surface area contributed by atoms with E-state index in [1.807, 2.05) is 0 Å². The van der Waals surface area contributed by atoms with Crippen LogP contribution in [0.1, 0.15) is 12.5 Å². The minimum Gasteiger partial charge on any atom is -0.508 e. The number of aromatic hydroxyl groups is 1. The second kappa shape index (κ2) is 3.52. The minimum atomic E-state index is -0.701. The monoisotopic (exact) mass is 241 g/mol. The number of phenols is 1. The molecule has 0 bridgehead atoms. The van der Waals surface area contributed by atoms with E-state index >= 15 is 0 Å². The highest BCUT2D eigenvalue weighted by Gasteiger charge is 2.20. The van der Waals surface area contributed by atoms with Crippen LogP contribution >= 0.6 is 15.9 Å². The van der Waals surface area contributed by atoms with E-state index in [4.69, 9.17) is 5.73 Å². The van der Waals surface area contributed by atoms with Gasteiger partial charge in [-0.2, -0.15) is 0 Å². The Morgan fingerprint density at radius 3 is 2.77 bits per heavy atom. The molecule has 0 heterocycles. The summed E-state index contributed by atoms with van der Waals surface area (Å²) < 4.78 is 0.888. The highest BCUT2D eigenvalue weighted by molar-refractivity contribution is 9.10. The topological polar surface area (TPSA) is 46.2 Å². The van der Waals surface area contributed by atoms with E-state index in [0.29, 0.717) is 5.56 Å². The fourth-order valence-electron chi connectivity index (χ4n) is 1.05. The Balaban J connectivity index is 3.28. The normalized spacial score (nSPS) is 15.0. The Morgan fingerprint density at radius 2 is 2.23 bits per heavy atom. The van der Waals surface area contributed by atoms with Crippen molar-refractivity contribution in [1.82, 2.24) is 0 Å². The van der Waals surface area contributed by atoms with Crippen LogP contribution < -0.4 is 5.73 Å². The number of rotatable bonds is 2. The molecule has 0 aliphatic carbocycles. The number of hydrogen-bond donors (Lipinski definition) is 2. The summed E-state index contributed by atoms with van der Waals surface area (Å²) >= 11 is 3.32. The Kier molecular flexibility index (Phi) is 2.78. The average Bonchev–Trinajstić information content (AvgIpc) is 2.09. The van der Waals surface area contributed by atoms with Crippen molar-refractivity contribution in [2.75, 3.05) is 0 Å². The fourth-order valence-corrected chi connectivity index (χ4v) is 1.41. The maximum atomic E-state index is 9.55. The average molecular weight is 242 g/mol.